The molecule has 3 aliphatic heterocycles. The summed E-state index contributed by atoms with van der Waals surface area (Å²) in [4.78, 5) is 7.37. The fourth-order valence-corrected chi connectivity index (χ4v) is 5.85. The van der Waals surface area contributed by atoms with Crippen molar-refractivity contribution < 1.29 is 26.3 Å². The van der Waals surface area contributed by atoms with Crippen molar-refractivity contribution in [1.29, 1.82) is 0 Å². The summed E-state index contributed by atoms with van der Waals surface area (Å²) in [7, 11) is -2.40. The van der Waals surface area contributed by atoms with E-state index in [4.69, 9.17) is 16.3 Å². The highest BCUT2D eigenvalue weighted by molar-refractivity contribution is 8.16. The third-order valence-electron chi connectivity index (χ3n) is 4.95. The molecule has 0 radical (unpaired) electrons. The molecule has 7 nitrogen and oxygen atoms in total. The first kappa shape index (κ1) is 21.6. The molecule has 0 saturated carbocycles. The molecule has 1 aromatic carbocycles. The van der Waals surface area contributed by atoms with Crippen LogP contribution in [0.3, 0.4) is 0 Å². The molecule has 1 unspecified atom stereocenters. The lowest BCUT2D eigenvalue weighted by molar-refractivity contribution is -0.139. The zero-order valence-corrected chi connectivity index (χ0v) is 18.1. The van der Waals surface area contributed by atoms with E-state index in [-0.39, 0.29) is 12.2 Å². The summed E-state index contributed by atoms with van der Waals surface area (Å²) in [5.74, 6) is -0.424. The molecule has 1 fully saturated rings. The number of hydrogen-bond acceptors (Lipinski definition) is 7. The topological polar surface area (TPSA) is 74.2 Å². The van der Waals surface area contributed by atoms with Crippen molar-refractivity contribution in [1.82, 2.24) is 9.80 Å². The number of rotatable bonds is 5. The Kier molecular flexibility index (Phi) is 5.40. The number of alkyl halides is 4. The number of thioether (sulfide) groups is 1. The van der Waals surface area contributed by atoms with Gasteiger partial charge in [-0.15, -0.1) is 0 Å². The summed E-state index contributed by atoms with van der Waals surface area (Å²) in [6.45, 7) is 0.975. The first-order valence-electron chi connectivity index (χ1n) is 8.94. The van der Waals surface area contributed by atoms with Gasteiger partial charge in [0.1, 0.15) is 11.9 Å². The quantitative estimate of drug-likeness (QED) is 0.512. The van der Waals surface area contributed by atoms with Crippen LogP contribution in [0.2, 0.25) is 0 Å². The van der Waals surface area contributed by atoms with Crippen LogP contribution in [0, 0.1) is 0 Å². The van der Waals surface area contributed by atoms with Crippen LogP contribution in [0.25, 0.3) is 0 Å². The van der Waals surface area contributed by atoms with Crippen LogP contribution in [0.5, 0.6) is 5.75 Å². The average Bonchev–Trinajstić information content (AvgIpc) is 3.33. The number of anilines is 1. The number of ether oxygens (including phenoxy) is 1. The normalized spacial score (nSPS) is 26.8. The Morgan fingerprint density at radius 1 is 1.40 bits per heavy atom. The minimum atomic E-state index is -4.64. The van der Waals surface area contributed by atoms with Crippen molar-refractivity contribution in [3.63, 3.8) is 0 Å². The van der Waals surface area contributed by atoms with Crippen molar-refractivity contribution in [2.75, 3.05) is 31.4 Å². The van der Waals surface area contributed by atoms with E-state index in [1.165, 1.54) is 22.9 Å². The van der Waals surface area contributed by atoms with Crippen molar-refractivity contribution in [2.24, 2.45) is 4.99 Å². The summed E-state index contributed by atoms with van der Waals surface area (Å²) < 4.78 is 72.3. The van der Waals surface area contributed by atoms with Gasteiger partial charge in [-0.25, -0.2) is 8.42 Å². The van der Waals surface area contributed by atoms with Gasteiger partial charge in [0.25, 0.3) is 14.4 Å². The molecule has 4 rings (SSSR count). The Hall–Kier alpha value is -1.63. The highest BCUT2D eigenvalue weighted by atomic mass is 35.5. The summed E-state index contributed by atoms with van der Waals surface area (Å²) in [6, 6.07) is 2.89. The second-order valence-corrected chi connectivity index (χ2v) is 10.8. The summed E-state index contributed by atoms with van der Waals surface area (Å²) >= 11 is 7.62. The van der Waals surface area contributed by atoms with Crippen LogP contribution in [0.15, 0.2) is 34.8 Å². The van der Waals surface area contributed by atoms with Gasteiger partial charge in [0.2, 0.25) is 0 Å². The van der Waals surface area contributed by atoms with Crippen LogP contribution in [0.1, 0.15) is 12.0 Å². The highest BCUT2D eigenvalue weighted by Gasteiger charge is 2.53. The molecule has 3 aliphatic rings. The lowest BCUT2D eigenvalue weighted by atomic mass is 10.1. The van der Waals surface area contributed by atoms with Gasteiger partial charge >= 0.3 is 6.18 Å². The van der Waals surface area contributed by atoms with Gasteiger partial charge in [-0.05, 0) is 31.0 Å². The van der Waals surface area contributed by atoms with Gasteiger partial charge in [0, 0.05) is 25.4 Å². The lowest BCUT2D eigenvalue weighted by Crippen LogP contribution is -2.49. The average molecular weight is 483 g/mol. The number of amidine groups is 1. The van der Waals surface area contributed by atoms with E-state index in [2.05, 4.69) is 9.71 Å². The van der Waals surface area contributed by atoms with Gasteiger partial charge in [-0.2, -0.15) is 13.2 Å². The number of benzene rings is 1. The van der Waals surface area contributed by atoms with E-state index < -0.39 is 37.9 Å². The minimum absolute atomic E-state index is 0.0753. The number of fused-ring (bicyclic) bond motifs is 1. The molecule has 164 valence electrons. The molecule has 3 heterocycles. The van der Waals surface area contributed by atoms with E-state index >= 15 is 0 Å². The number of likely N-dealkylation sites (tertiary alicyclic amines) is 1. The van der Waals surface area contributed by atoms with Crippen molar-refractivity contribution in [3.05, 3.63) is 35.4 Å². The van der Waals surface area contributed by atoms with Crippen molar-refractivity contribution in [3.8, 4) is 5.75 Å². The molecular weight excluding hydrogens is 465 g/mol. The molecule has 1 saturated heterocycles. The fourth-order valence-electron chi connectivity index (χ4n) is 3.42. The van der Waals surface area contributed by atoms with E-state index in [0.29, 0.717) is 24.7 Å². The fraction of sp³-hybridized carbons (Fsp3) is 0.471. The zero-order chi connectivity index (χ0) is 21.7. The number of aliphatic imine (C=N–C) groups is 1. The number of halogens is 4. The first-order chi connectivity index (χ1) is 14.0. The van der Waals surface area contributed by atoms with Crippen LogP contribution in [0.4, 0.5) is 18.9 Å². The number of sulfonamides is 1. The smallest absolute Gasteiger partial charge is 0.419 e. The Morgan fingerprint density at radius 3 is 2.83 bits per heavy atom. The monoisotopic (exact) mass is 482 g/mol. The van der Waals surface area contributed by atoms with Gasteiger partial charge < -0.3 is 9.64 Å². The molecule has 1 aromatic rings. The van der Waals surface area contributed by atoms with E-state index in [0.717, 1.165) is 18.2 Å². The predicted octanol–water partition coefficient (Wildman–Crippen LogP) is 3.31. The molecule has 30 heavy (non-hydrogen) atoms. The lowest BCUT2D eigenvalue weighted by Gasteiger charge is -2.29. The van der Waals surface area contributed by atoms with Crippen LogP contribution < -0.4 is 9.46 Å². The van der Waals surface area contributed by atoms with E-state index in [1.54, 1.807) is 5.41 Å². The highest BCUT2D eigenvalue weighted by Crippen LogP contribution is 2.42. The Labute approximate surface area is 181 Å². The summed E-state index contributed by atoms with van der Waals surface area (Å²) in [5, 5.41) is 2.09. The van der Waals surface area contributed by atoms with E-state index in [9.17, 15) is 21.6 Å². The van der Waals surface area contributed by atoms with Gasteiger partial charge in [-0.3, -0.25) is 14.6 Å². The predicted molar refractivity (Wildman–Crippen MR) is 110 cm³/mol. The number of nitrogens with zero attached hydrogens (tertiary/aromatic N) is 3. The Morgan fingerprint density at radius 2 is 2.17 bits per heavy atom. The standard InChI is InChI=1S/C17H18ClF3N4O3S2/c1-24-5-4-12(9-24)28-14-8-11(2-3-13(14)17(19,20)21)23-30(26,27)16(18)10-22-15-25(16)6-7-29-15/h2-3,6-8,12,23H,4-5,9-10H2,1H3/t12-,16?/m1/s1. The Bertz CT molecular complexity index is 1020. The second kappa shape index (κ2) is 7.50. The van der Waals surface area contributed by atoms with Crippen LogP contribution >= 0.6 is 23.4 Å². The van der Waals surface area contributed by atoms with Gasteiger partial charge in [0.05, 0.1) is 17.8 Å². The molecule has 2 atom stereocenters. The SMILES string of the molecule is CN1CC[C@@H](Oc2cc(NS(=O)(=O)C3(Cl)CN=C4SC=CN43)ccc2C(F)(F)F)C1. The van der Waals surface area contributed by atoms with Crippen molar-refractivity contribution in [2.45, 2.75) is 23.0 Å². The molecule has 13 heteroatoms. The maximum absolute atomic E-state index is 13.4. The minimum Gasteiger partial charge on any atom is -0.488 e. The van der Waals surface area contributed by atoms with Crippen molar-refractivity contribution >= 4 is 44.2 Å². The summed E-state index contributed by atoms with van der Waals surface area (Å²) in [6.07, 6.45) is -2.98. The third-order valence-corrected chi connectivity index (χ3v) is 8.31. The molecule has 0 bridgehead atoms. The molecule has 0 aliphatic carbocycles. The van der Waals surface area contributed by atoms with Gasteiger partial charge in [0.15, 0.2) is 5.17 Å². The molecule has 1 N–H and O–H groups in total. The number of nitrogens with one attached hydrogen (secondary N) is 1. The first-order valence-corrected chi connectivity index (χ1v) is 11.7. The number of hydrogen-bond donors (Lipinski definition) is 1. The summed E-state index contributed by atoms with van der Waals surface area (Å²) in [5.41, 5.74) is -1.04. The largest absolute Gasteiger partial charge is 0.488 e. The second-order valence-electron chi connectivity index (χ2n) is 7.17. The molecule has 0 amide bonds. The van der Waals surface area contributed by atoms with Crippen LogP contribution in [-0.4, -0.2) is 60.5 Å². The maximum atomic E-state index is 13.4. The number of likely N-dealkylation sites (N-methyl/N-ethyl adjacent to an activating group) is 1. The van der Waals surface area contributed by atoms with Crippen LogP contribution in [-0.2, 0) is 16.2 Å². The third kappa shape index (κ3) is 3.85. The Balaban J connectivity index is 1.61. The zero-order valence-electron chi connectivity index (χ0n) is 15.7. The molecular formula is C17H18ClF3N4O3S2. The molecule has 0 spiro atoms. The van der Waals surface area contributed by atoms with Gasteiger partial charge in [-0.1, -0.05) is 23.4 Å². The van der Waals surface area contributed by atoms with E-state index in [1.807, 2.05) is 11.9 Å². The maximum Gasteiger partial charge on any atom is 0.419 e. The molecule has 0 aromatic heterocycles.